The number of hydrogen-bond donors (Lipinski definition) is 1. The molecule has 17 heavy (non-hydrogen) atoms. The van der Waals surface area contributed by atoms with E-state index in [0.717, 1.165) is 25.3 Å². The summed E-state index contributed by atoms with van der Waals surface area (Å²) in [5.41, 5.74) is 0. The lowest BCUT2D eigenvalue weighted by Gasteiger charge is -2.31. The molecular weight excluding hydrogens is 212 g/mol. The summed E-state index contributed by atoms with van der Waals surface area (Å²) in [6.45, 7) is 4.33. The average molecular weight is 240 g/mol. The Hall–Kier alpha value is -0.120. The van der Waals surface area contributed by atoms with Crippen LogP contribution in [-0.2, 0) is 4.74 Å². The van der Waals surface area contributed by atoms with Crippen molar-refractivity contribution in [2.45, 2.75) is 57.0 Å². The Morgan fingerprint density at radius 2 is 1.82 bits per heavy atom. The van der Waals surface area contributed by atoms with Gasteiger partial charge in [-0.15, -0.1) is 0 Å². The van der Waals surface area contributed by atoms with E-state index in [1.54, 1.807) is 0 Å². The minimum absolute atomic E-state index is 0.759. The zero-order chi connectivity index (χ0) is 11.9. The highest BCUT2D eigenvalue weighted by molar-refractivity contribution is 4.75. The lowest BCUT2D eigenvalue weighted by Crippen LogP contribution is -2.38. The fourth-order valence-corrected chi connectivity index (χ4v) is 3.07. The summed E-state index contributed by atoms with van der Waals surface area (Å²) in [5.74, 6) is 0. The largest absolute Gasteiger partial charge is 0.381 e. The minimum atomic E-state index is 0.759. The van der Waals surface area contributed by atoms with Gasteiger partial charge in [0.2, 0.25) is 0 Å². The number of hydrogen-bond acceptors (Lipinski definition) is 3. The second-order valence-electron chi connectivity index (χ2n) is 5.61. The van der Waals surface area contributed by atoms with Gasteiger partial charge in [-0.2, -0.15) is 0 Å². The van der Waals surface area contributed by atoms with Crippen molar-refractivity contribution in [1.29, 1.82) is 0 Å². The molecule has 1 saturated carbocycles. The van der Waals surface area contributed by atoms with Crippen LogP contribution in [0.25, 0.3) is 0 Å². The fourth-order valence-electron chi connectivity index (χ4n) is 3.07. The Labute approximate surface area is 106 Å². The van der Waals surface area contributed by atoms with Crippen molar-refractivity contribution < 1.29 is 4.74 Å². The predicted octanol–water partition coefficient (Wildman–Crippen LogP) is 2.02. The van der Waals surface area contributed by atoms with Crippen LogP contribution < -0.4 is 5.32 Å². The Morgan fingerprint density at radius 1 is 1.12 bits per heavy atom. The van der Waals surface area contributed by atoms with E-state index < -0.39 is 0 Å². The van der Waals surface area contributed by atoms with E-state index >= 15 is 0 Å². The molecule has 0 bridgehead atoms. The summed E-state index contributed by atoms with van der Waals surface area (Å²) < 4.78 is 5.40. The first-order valence-electron chi connectivity index (χ1n) is 7.37. The molecule has 0 spiro atoms. The number of nitrogens with one attached hydrogen (secondary N) is 1. The van der Waals surface area contributed by atoms with Crippen LogP contribution in [0.3, 0.4) is 0 Å². The Balaban J connectivity index is 1.51. The predicted molar refractivity (Wildman–Crippen MR) is 71.3 cm³/mol. The van der Waals surface area contributed by atoms with Crippen molar-refractivity contribution in [3.8, 4) is 0 Å². The molecule has 1 aliphatic heterocycles. The molecule has 3 heteroatoms. The Morgan fingerprint density at radius 3 is 2.53 bits per heavy atom. The minimum Gasteiger partial charge on any atom is -0.381 e. The maximum atomic E-state index is 5.40. The summed E-state index contributed by atoms with van der Waals surface area (Å²) in [7, 11) is 2.27. The second kappa shape index (κ2) is 7.34. The molecule has 2 rings (SSSR count). The highest BCUT2D eigenvalue weighted by Gasteiger charge is 2.18. The quantitative estimate of drug-likeness (QED) is 0.719. The second-order valence-corrected chi connectivity index (χ2v) is 5.61. The molecule has 1 aliphatic carbocycles. The average Bonchev–Trinajstić information content (AvgIpc) is 2.88. The summed E-state index contributed by atoms with van der Waals surface area (Å²) in [6.07, 6.45) is 9.37. The Kier molecular flexibility index (Phi) is 5.75. The van der Waals surface area contributed by atoms with Crippen LogP contribution in [0.2, 0.25) is 0 Å². The van der Waals surface area contributed by atoms with Gasteiger partial charge in [0.05, 0.1) is 0 Å². The lowest BCUT2D eigenvalue weighted by atomic mass is 10.1. The third-order valence-electron chi connectivity index (χ3n) is 4.29. The van der Waals surface area contributed by atoms with Gasteiger partial charge < -0.3 is 15.0 Å². The van der Waals surface area contributed by atoms with Gasteiger partial charge in [0.1, 0.15) is 0 Å². The zero-order valence-corrected chi connectivity index (χ0v) is 11.3. The highest BCUT2D eigenvalue weighted by atomic mass is 16.5. The van der Waals surface area contributed by atoms with Crippen molar-refractivity contribution in [3.63, 3.8) is 0 Å². The van der Waals surface area contributed by atoms with Crippen LogP contribution in [0, 0.1) is 0 Å². The number of rotatable bonds is 6. The Bertz CT molecular complexity index is 198. The molecule has 0 aromatic heterocycles. The molecule has 2 fully saturated rings. The lowest BCUT2D eigenvalue weighted by molar-refractivity contribution is 0.0427. The SMILES string of the molecule is CN(CCCNC1CCCC1)C1CCOCC1. The maximum absolute atomic E-state index is 5.40. The molecule has 0 atom stereocenters. The maximum Gasteiger partial charge on any atom is 0.0480 e. The molecule has 0 radical (unpaired) electrons. The van der Waals surface area contributed by atoms with Gasteiger partial charge in [-0.3, -0.25) is 0 Å². The molecule has 100 valence electrons. The molecule has 1 heterocycles. The summed E-state index contributed by atoms with van der Waals surface area (Å²) >= 11 is 0. The van der Waals surface area contributed by atoms with E-state index in [-0.39, 0.29) is 0 Å². The van der Waals surface area contributed by atoms with Crippen LogP contribution in [0.15, 0.2) is 0 Å². The molecule has 3 nitrogen and oxygen atoms in total. The zero-order valence-electron chi connectivity index (χ0n) is 11.3. The van der Waals surface area contributed by atoms with Crippen molar-refractivity contribution >= 4 is 0 Å². The third-order valence-corrected chi connectivity index (χ3v) is 4.29. The monoisotopic (exact) mass is 240 g/mol. The van der Waals surface area contributed by atoms with Gasteiger partial charge in [-0.1, -0.05) is 12.8 Å². The van der Waals surface area contributed by atoms with Crippen LogP contribution in [0.5, 0.6) is 0 Å². The van der Waals surface area contributed by atoms with Crippen LogP contribution in [0.4, 0.5) is 0 Å². The standard InChI is InChI=1S/C14H28N2O/c1-16(14-7-11-17-12-8-14)10-4-9-15-13-5-2-3-6-13/h13-15H,2-12H2,1H3. The molecule has 1 saturated heterocycles. The van der Waals surface area contributed by atoms with E-state index in [1.165, 1.54) is 58.0 Å². The first-order valence-corrected chi connectivity index (χ1v) is 7.37. The van der Waals surface area contributed by atoms with Crippen molar-refractivity contribution in [2.75, 3.05) is 33.4 Å². The molecule has 0 amide bonds. The first kappa shape index (κ1) is 13.3. The normalized spacial score (nSPS) is 23.6. The summed E-state index contributed by atoms with van der Waals surface area (Å²) in [4.78, 5) is 2.53. The number of nitrogens with zero attached hydrogens (tertiary/aromatic N) is 1. The van der Waals surface area contributed by atoms with Gasteiger partial charge >= 0.3 is 0 Å². The van der Waals surface area contributed by atoms with Crippen molar-refractivity contribution in [2.24, 2.45) is 0 Å². The van der Waals surface area contributed by atoms with Crippen LogP contribution >= 0.6 is 0 Å². The van der Waals surface area contributed by atoms with Crippen molar-refractivity contribution in [1.82, 2.24) is 10.2 Å². The molecule has 1 N–H and O–H groups in total. The molecule has 0 aromatic carbocycles. The van der Waals surface area contributed by atoms with E-state index in [0.29, 0.717) is 0 Å². The van der Waals surface area contributed by atoms with Gasteiger partial charge in [0.15, 0.2) is 0 Å². The molecule has 0 unspecified atom stereocenters. The van der Waals surface area contributed by atoms with E-state index in [9.17, 15) is 0 Å². The highest BCUT2D eigenvalue weighted by Crippen LogP contribution is 2.17. The number of ether oxygens (including phenoxy) is 1. The van der Waals surface area contributed by atoms with Gasteiger partial charge in [0.25, 0.3) is 0 Å². The smallest absolute Gasteiger partial charge is 0.0480 e. The topological polar surface area (TPSA) is 24.5 Å². The van der Waals surface area contributed by atoms with Gasteiger partial charge in [-0.25, -0.2) is 0 Å². The third kappa shape index (κ3) is 4.57. The molecule has 2 aliphatic rings. The van der Waals surface area contributed by atoms with E-state index in [1.807, 2.05) is 0 Å². The van der Waals surface area contributed by atoms with Gasteiger partial charge in [-0.05, 0) is 52.2 Å². The van der Waals surface area contributed by atoms with Crippen molar-refractivity contribution in [3.05, 3.63) is 0 Å². The first-order chi connectivity index (χ1) is 8.36. The van der Waals surface area contributed by atoms with Gasteiger partial charge in [0, 0.05) is 25.3 Å². The molecular formula is C14H28N2O. The van der Waals surface area contributed by atoms with E-state index in [4.69, 9.17) is 4.74 Å². The van der Waals surface area contributed by atoms with Crippen LogP contribution in [-0.4, -0.2) is 50.3 Å². The van der Waals surface area contributed by atoms with E-state index in [2.05, 4.69) is 17.3 Å². The summed E-state index contributed by atoms with van der Waals surface area (Å²) in [6, 6.07) is 1.58. The molecule has 0 aromatic rings. The van der Waals surface area contributed by atoms with Crippen LogP contribution in [0.1, 0.15) is 44.9 Å². The summed E-state index contributed by atoms with van der Waals surface area (Å²) in [5, 5.41) is 3.69. The fraction of sp³-hybridized carbons (Fsp3) is 1.00.